The van der Waals surface area contributed by atoms with Gasteiger partial charge in [0.25, 0.3) is 5.91 Å². The zero-order valence-electron chi connectivity index (χ0n) is 12.9. The molecule has 0 spiro atoms. The molecule has 1 saturated carbocycles. The number of aromatic nitrogens is 1. The van der Waals surface area contributed by atoms with Crippen molar-refractivity contribution in [3.8, 4) is 6.07 Å². The molecule has 0 unspecified atom stereocenters. The van der Waals surface area contributed by atoms with Gasteiger partial charge in [-0.3, -0.25) is 4.79 Å². The molecular weight excluding hydrogens is 366 g/mol. The molecule has 1 aromatic heterocycles. The first-order valence-electron chi connectivity index (χ1n) is 7.77. The fraction of sp³-hybridized carbons (Fsp3) is 0.211. The molecule has 1 heterocycles. The summed E-state index contributed by atoms with van der Waals surface area (Å²) in [4.78, 5) is 16.8. The zero-order valence-corrected chi connectivity index (χ0v) is 14.5. The van der Waals surface area contributed by atoms with Crippen LogP contribution < -0.4 is 5.32 Å². The number of hydrogen-bond donors (Lipinski definition) is 1. The summed E-state index contributed by atoms with van der Waals surface area (Å²) in [7, 11) is 0. The highest BCUT2D eigenvalue weighted by Crippen LogP contribution is 2.41. The van der Waals surface area contributed by atoms with Crippen LogP contribution in [0.3, 0.4) is 0 Å². The molecule has 0 radical (unpaired) electrons. The Hall–Kier alpha value is -2.45. The van der Waals surface area contributed by atoms with E-state index in [1.165, 1.54) is 6.08 Å². The molecule has 1 fully saturated rings. The number of nitrogens with one attached hydrogen (secondary N) is 1. The van der Waals surface area contributed by atoms with Crippen molar-refractivity contribution < 1.29 is 4.79 Å². The summed E-state index contributed by atoms with van der Waals surface area (Å²) >= 11 is 3.29. The molecule has 1 aromatic carbocycles. The van der Waals surface area contributed by atoms with E-state index in [0.29, 0.717) is 16.2 Å². The Kier molecular flexibility index (Phi) is 5.07. The lowest BCUT2D eigenvalue weighted by Gasteiger charge is -2.18. The van der Waals surface area contributed by atoms with Gasteiger partial charge in [0.15, 0.2) is 0 Å². The maximum Gasteiger partial charge on any atom is 0.262 e. The summed E-state index contributed by atoms with van der Waals surface area (Å²) in [5, 5.41) is 12.4. The van der Waals surface area contributed by atoms with Crippen molar-refractivity contribution in [3.05, 3.63) is 70.0 Å². The third-order valence-corrected chi connectivity index (χ3v) is 4.37. The van der Waals surface area contributed by atoms with Gasteiger partial charge in [-0.05, 0) is 58.5 Å². The van der Waals surface area contributed by atoms with Gasteiger partial charge in [-0.1, -0.05) is 36.4 Å². The monoisotopic (exact) mass is 381 g/mol. The third-order valence-electron chi connectivity index (χ3n) is 3.93. The van der Waals surface area contributed by atoms with Gasteiger partial charge in [-0.25, -0.2) is 4.98 Å². The van der Waals surface area contributed by atoms with Gasteiger partial charge in [-0.15, -0.1) is 0 Å². The van der Waals surface area contributed by atoms with Crippen LogP contribution >= 0.6 is 15.9 Å². The number of nitrogens with zero attached hydrogens (tertiary/aromatic N) is 2. The smallest absolute Gasteiger partial charge is 0.262 e. The van der Waals surface area contributed by atoms with Gasteiger partial charge < -0.3 is 5.32 Å². The van der Waals surface area contributed by atoms with Gasteiger partial charge in [0, 0.05) is 0 Å². The first-order chi connectivity index (χ1) is 11.7. The summed E-state index contributed by atoms with van der Waals surface area (Å²) in [6, 6.07) is 17.2. The van der Waals surface area contributed by atoms with E-state index in [2.05, 4.69) is 26.2 Å². The predicted molar refractivity (Wildman–Crippen MR) is 95.6 cm³/mol. The Morgan fingerprint density at radius 2 is 2.00 bits per heavy atom. The molecule has 4 nitrogen and oxygen atoms in total. The highest BCUT2D eigenvalue weighted by atomic mass is 79.9. The molecule has 0 aliphatic heterocycles. The van der Waals surface area contributed by atoms with Crippen LogP contribution in [0, 0.1) is 17.2 Å². The molecule has 5 heteroatoms. The summed E-state index contributed by atoms with van der Waals surface area (Å²) in [6.07, 6.45) is 3.70. The average Bonchev–Trinajstić information content (AvgIpc) is 3.43. The molecule has 0 saturated heterocycles. The number of nitriles is 1. The maximum atomic E-state index is 12.5. The second-order valence-corrected chi connectivity index (χ2v) is 6.57. The number of benzene rings is 1. The summed E-state index contributed by atoms with van der Waals surface area (Å²) < 4.78 is 0.661. The highest BCUT2D eigenvalue weighted by molar-refractivity contribution is 9.10. The Bertz CT molecular complexity index is 807. The quantitative estimate of drug-likeness (QED) is 0.483. The lowest BCUT2D eigenvalue weighted by Crippen LogP contribution is -2.30. The standard InChI is InChI=1S/C19H16BrN3O/c20-17-8-4-7-16(22-17)11-15(12-21)19(24)23-18(14-9-10-14)13-5-2-1-3-6-13/h1-8,11,14,18H,9-10H2,(H,23,24)/t18-/m0/s1. The van der Waals surface area contributed by atoms with E-state index in [0.717, 1.165) is 18.4 Å². The van der Waals surface area contributed by atoms with Crippen molar-refractivity contribution in [1.29, 1.82) is 5.26 Å². The van der Waals surface area contributed by atoms with Crippen LogP contribution in [0.1, 0.15) is 30.1 Å². The van der Waals surface area contributed by atoms with Crippen LogP contribution in [-0.4, -0.2) is 10.9 Å². The third kappa shape index (κ3) is 4.09. The lowest BCUT2D eigenvalue weighted by molar-refractivity contribution is -0.117. The van der Waals surface area contributed by atoms with E-state index in [9.17, 15) is 10.1 Å². The van der Waals surface area contributed by atoms with Crippen LogP contribution in [0.4, 0.5) is 0 Å². The fourth-order valence-electron chi connectivity index (χ4n) is 2.58. The van der Waals surface area contributed by atoms with Gasteiger partial charge in [0.05, 0.1) is 11.7 Å². The molecule has 24 heavy (non-hydrogen) atoms. The van der Waals surface area contributed by atoms with Crippen LogP contribution in [0.2, 0.25) is 0 Å². The molecule has 0 bridgehead atoms. The van der Waals surface area contributed by atoms with Crippen LogP contribution in [0.25, 0.3) is 6.08 Å². The van der Waals surface area contributed by atoms with Crippen LogP contribution in [-0.2, 0) is 4.79 Å². The van der Waals surface area contributed by atoms with E-state index < -0.39 is 0 Å². The largest absolute Gasteiger partial charge is 0.344 e. The van der Waals surface area contributed by atoms with Crippen molar-refractivity contribution in [2.24, 2.45) is 5.92 Å². The van der Waals surface area contributed by atoms with E-state index >= 15 is 0 Å². The van der Waals surface area contributed by atoms with Crippen molar-refractivity contribution in [1.82, 2.24) is 10.3 Å². The van der Waals surface area contributed by atoms with Gasteiger partial charge in [-0.2, -0.15) is 5.26 Å². The fourth-order valence-corrected chi connectivity index (χ4v) is 2.94. The number of carbonyl (C=O) groups excluding carboxylic acids is 1. The first kappa shape index (κ1) is 16.4. The number of halogens is 1. The minimum atomic E-state index is -0.361. The molecule has 1 N–H and O–H groups in total. The van der Waals surface area contributed by atoms with Gasteiger partial charge >= 0.3 is 0 Å². The summed E-state index contributed by atoms with van der Waals surface area (Å²) in [5.74, 6) is 0.0836. The molecule has 1 aliphatic carbocycles. The Balaban J connectivity index is 1.80. The molecule has 1 amide bonds. The van der Waals surface area contributed by atoms with Crippen molar-refractivity contribution in [2.75, 3.05) is 0 Å². The SMILES string of the molecule is N#CC(=Cc1cccc(Br)n1)C(=O)N[C@@H](c1ccccc1)C1CC1. The number of rotatable bonds is 5. The summed E-state index contributed by atoms with van der Waals surface area (Å²) in [6.45, 7) is 0. The second kappa shape index (κ2) is 7.41. The number of pyridine rings is 1. The van der Waals surface area contributed by atoms with E-state index in [-0.39, 0.29) is 17.5 Å². The molecule has 3 rings (SSSR count). The topological polar surface area (TPSA) is 65.8 Å². The second-order valence-electron chi connectivity index (χ2n) is 5.75. The molecule has 1 atom stereocenters. The van der Waals surface area contributed by atoms with Gasteiger partial charge in [0.2, 0.25) is 0 Å². The van der Waals surface area contributed by atoms with Crippen molar-refractivity contribution >= 4 is 27.9 Å². The Labute approximate surface area is 149 Å². The van der Waals surface area contributed by atoms with Crippen molar-refractivity contribution in [2.45, 2.75) is 18.9 Å². The summed E-state index contributed by atoms with van der Waals surface area (Å²) in [5.41, 5.74) is 1.70. The Morgan fingerprint density at radius 1 is 1.25 bits per heavy atom. The highest BCUT2D eigenvalue weighted by Gasteiger charge is 2.33. The van der Waals surface area contributed by atoms with E-state index in [4.69, 9.17) is 0 Å². The van der Waals surface area contributed by atoms with E-state index in [1.54, 1.807) is 12.1 Å². The number of carbonyl (C=O) groups is 1. The first-order valence-corrected chi connectivity index (χ1v) is 8.57. The van der Waals surface area contributed by atoms with E-state index in [1.807, 2.05) is 42.5 Å². The zero-order chi connectivity index (χ0) is 16.9. The van der Waals surface area contributed by atoms with Gasteiger partial charge in [0.1, 0.15) is 16.2 Å². The van der Waals surface area contributed by atoms with Crippen LogP contribution in [0.5, 0.6) is 0 Å². The van der Waals surface area contributed by atoms with Crippen molar-refractivity contribution in [3.63, 3.8) is 0 Å². The average molecular weight is 382 g/mol. The molecule has 1 aliphatic rings. The number of hydrogen-bond acceptors (Lipinski definition) is 3. The minimum Gasteiger partial charge on any atom is -0.344 e. The lowest BCUT2D eigenvalue weighted by atomic mass is 10.0. The predicted octanol–water partition coefficient (Wildman–Crippen LogP) is 4.02. The molecule has 2 aromatic rings. The number of amides is 1. The molecule has 120 valence electrons. The maximum absolute atomic E-state index is 12.5. The minimum absolute atomic E-state index is 0.0501. The molecular formula is C19H16BrN3O. The Morgan fingerprint density at radius 3 is 2.62 bits per heavy atom. The van der Waals surface area contributed by atoms with Crippen LogP contribution in [0.15, 0.2) is 58.7 Å². The normalized spacial score (nSPS) is 15.4.